The van der Waals surface area contributed by atoms with E-state index in [1.54, 1.807) is 24.9 Å². The Bertz CT molecular complexity index is 1610. The summed E-state index contributed by atoms with van der Waals surface area (Å²) in [6.07, 6.45) is 8.81. The maximum atomic E-state index is 5.88. The number of furan rings is 1. The van der Waals surface area contributed by atoms with Crippen LogP contribution in [0.3, 0.4) is 0 Å². The number of likely N-dealkylation sites (N-methyl/N-ethyl adjacent to an activating group) is 1. The molecule has 2 N–H and O–H groups in total. The molecule has 0 amide bonds. The second-order valence-corrected chi connectivity index (χ2v) is 8.71. The third-order valence-corrected chi connectivity index (χ3v) is 6.04. The van der Waals surface area contributed by atoms with E-state index in [-0.39, 0.29) is 0 Å². The Hall–Kier alpha value is -4.43. The largest absolute Gasteiger partial charge is 0.491 e. The fourth-order valence-electron chi connectivity index (χ4n) is 4.22. The monoisotopic (exact) mass is 464 g/mol. The molecule has 6 rings (SSSR count). The molecule has 8 heteroatoms. The highest BCUT2D eigenvalue weighted by molar-refractivity contribution is 6.00. The van der Waals surface area contributed by atoms with Gasteiger partial charge in [-0.25, -0.2) is 4.98 Å². The average Bonchev–Trinajstić information content (AvgIpc) is 3.62. The minimum atomic E-state index is 0.609. The number of nitrogens with one attached hydrogen (secondary N) is 2. The number of H-pyrrole nitrogens is 2. The lowest BCUT2D eigenvalue weighted by molar-refractivity contribution is 0.261. The second-order valence-electron chi connectivity index (χ2n) is 8.71. The van der Waals surface area contributed by atoms with Crippen LogP contribution < -0.4 is 4.74 Å². The summed E-state index contributed by atoms with van der Waals surface area (Å²) in [7, 11) is 4.05. The summed E-state index contributed by atoms with van der Waals surface area (Å²) in [4.78, 5) is 14.4. The molecule has 5 heterocycles. The van der Waals surface area contributed by atoms with Gasteiger partial charge >= 0.3 is 0 Å². The Labute approximate surface area is 201 Å². The lowest BCUT2D eigenvalue weighted by atomic mass is 10.0. The quantitative estimate of drug-likeness (QED) is 0.330. The van der Waals surface area contributed by atoms with Gasteiger partial charge in [0, 0.05) is 40.8 Å². The number of pyridine rings is 2. The van der Waals surface area contributed by atoms with Crippen LogP contribution in [0.2, 0.25) is 0 Å². The summed E-state index contributed by atoms with van der Waals surface area (Å²) in [5.74, 6) is 0.755. The summed E-state index contributed by atoms with van der Waals surface area (Å²) >= 11 is 0. The molecule has 1 aromatic carbocycles. The predicted octanol–water partition coefficient (Wildman–Crippen LogP) is 5.37. The first kappa shape index (κ1) is 21.1. The van der Waals surface area contributed by atoms with Crippen LogP contribution in [0.25, 0.3) is 55.6 Å². The van der Waals surface area contributed by atoms with Crippen molar-refractivity contribution in [2.45, 2.75) is 0 Å². The number of nitrogens with zero attached hydrogens (tertiary/aromatic N) is 4. The van der Waals surface area contributed by atoms with Crippen LogP contribution >= 0.6 is 0 Å². The van der Waals surface area contributed by atoms with E-state index < -0.39 is 0 Å². The van der Waals surface area contributed by atoms with Crippen molar-refractivity contribution in [3.63, 3.8) is 0 Å². The Morgan fingerprint density at radius 2 is 1.91 bits per heavy atom. The van der Waals surface area contributed by atoms with Crippen molar-refractivity contribution in [3.8, 4) is 39.4 Å². The number of rotatable bonds is 7. The van der Waals surface area contributed by atoms with E-state index in [1.807, 2.05) is 44.6 Å². The van der Waals surface area contributed by atoms with Crippen molar-refractivity contribution in [2.75, 3.05) is 27.2 Å². The summed E-state index contributed by atoms with van der Waals surface area (Å²) in [5, 5.41) is 9.79. The SMILES string of the molecule is CN(C)CCOc1cncc(-c2ccc3[nH]nc(-c4cc5c(-c6ccoc6)ccnc5[nH]4)c3c2)c1. The van der Waals surface area contributed by atoms with E-state index in [0.717, 1.165) is 67.9 Å². The van der Waals surface area contributed by atoms with Crippen LogP contribution in [0, 0.1) is 0 Å². The molecule has 5 aromatic heterocycles. The molecule has 0 saturated carbocycles. The maximum Gasteiger partial charge on any atom is 0.138 e. The third kappa shape index (κ3) is 4.04. The number of hydrogen-bond acceptors (Lipinski definition) is 6. The molecule has 0 unspecified atom stereocenters. The molecule has 8 nitrogen and oxygen atoms in total. The predicted molar refractivity (Wildman–Crippen MR) is 136 cm³/mol. The van der Waals surface area contributed by atoms with Crippen molar-refractivity contribution in [2.24, 2.45) is 0 Å². The number of aromatic amines is 2. The van der Waals surface area contributed by atoms with E-state index >= 15 is 0 Å². The van der Waals surface area contributed by atoms with E-state index in [4.69, 9.17) is 9.15 Å². The maximum absolute atomic E-state index is 5.88. The van der Waals surface area contributed by atoms with Gasteiger partial charge in [-0.2, -0.15) is 5.10 Å². The zero-order valence-electron chi connectivity index (χ0n) is 19.4. The van der Waals surface area contributed by atoms with Crippen molar-refractivity contribution < 1.29 is 9.15 Å². The molecule has 0 atom stereocenters. The summed E-state index contributed by atoms with van der Waals surface area (Å²) < 4.78 is 11.2. The summed E-state index contributed by atoms with van der Waals surface area (Å²) in [6, 6.07) is 14.3. The molecule has 0 saturated heterocycles. The molecule has 6 aromatic rings. The van der Waals surface area contributed by atoms with Crippen molar-refractivity contribution in [3.05, 3.63) is 73.6 Å². The molecule has 0 fully saturated rings. The van der Waals surface area contributed by atoms with Gasteiger partial charge in [0.05, 0.1) is 29.9 Å². The van der Waals surface area contributed by atoms with Crippen molar-refractivity contribution in [1.82, 2.24) is 30.0 Å². The van der Waals surface area contributed by atoms with Gasteiger partial charge in [0.25, 0.3) is 0 Å². The van der Waals surface area contributed by atoms with E-state index in [2.05, 4.69) is 48.2 Å². The third-order valence-electron chi connectivity index (χ3n) is 6.04. The van der Waals surface area contributed by atoms with Crippen LogP contribution in [-0.4, -0.2) is 57.3 Å². The van der Waals surface area contributed by atoms with Gasteiger partial charge in [-0.1, -0.05) is 6.07 Å². The van der Waals surface area contributed by atoms with Crippen LogP contribution in [0.4, 0.5) is 0 Å². The number of ether oxygens (including phenoxy) is 1. The fraction of sp³-hybridized carbons (Fsp3) is 0.148. The van der Waals surface area contributed by atoms with Crippen LogP contribution in [0.5, 0.6) is 5.75 Å². The normalized spacial score (nSPS) is 11.6. The fourth-order valence-corrected chi connectivity index (χ4v) is 4.22. The molecule has 0 radical (unpaired) electrons. The zero-order valence-corrected chi connectivity index (χ0v) is 19.4. The van der Waals surface area contributed by atoms with Gasteiger partial charge < -0.3 is 19.0 Å². The molecular formula is C27H24N6O2. The van der Waals surface area contributed by atoms with E-state index in [0.29, 0.717) is 6.61 Å². The van der Waals surface area contributed by atoms with Crippen LogP contribution in [0.1, 0.15) is 0 Å². The Morgan fingerprint density at radius 1 is 0.971 bits per heavy atom. The highest BCUT2D eigenvalue weighted by Gasteiger charge is 2.15. The first-order chi connectivity index (χ1) is 17.2. The van der Waals surface area contributed by atoms with Gasteiger partial charge in [0.1, 0.15) is 23.7 Å². The zero-order chi connectivity index (χ0) is 23.8. The Kier molecular flexibility index (Phi) is 5.27. The first-order valence-corrected chi connectivity index (χ1v) is 11.4. The molecule has 0 aliphatic rings. The Morgan fingerprint density at radius 3 is 2.77 bits per heavy atom. The number of fused-ring (bicyclic) bond motifs is 2. The highest BCUT2D eigenvalue weighted by Crippen LogP contribution is 2.35. The topological polar surface area (TPSA) is 95.9 Å². The molecule has 0 bridgehead atoms. The lowest BCUT2D eigenvalue weighted by Crippen LogP contribution is -2.19. The average molecular weight is 465 g/mol. The van der Waals surface area contributed by atoms with Crippen molar-refractivity contribution >= 4 is 21.9 Å². The standard InChI is InChI=1S/C27H24N6O2/c1-33(2)8-10-35-20-11-19(14-28-15-20)17-3-4-24-23(12-17)26(32-31-24)25-13-22-21(18-6-9-34-16-18)5-7-29-27(22)30-25/h3-7,9,11-16H,8,10H2,1-2H3,(H,29,30)(H,31,32). The van der Waals surface area contributed by atoms with E-state index in [1.165, 1.54) is 0 Å². The second kappa shape index (κ2) is 8.73. The highest BCUT2D eigenvalue weighted by atomic mass is 16.5. The van der Waals surface area contributed by atoms with Crippen molar-refractivity contribution in [1.29, 1.82) is 0 Å². The van der Waals surface area contributed by atoms with Gasteiger partial charge in [-0.3, -0.25) is 10.1 Å². The molecule has 0 aliphatic carbocycles. The van der Waals surface area contributed by atoms with Gasteiger partial charge in [0.15, 0.2) is 0 Å². The molecular weight excluding hydrogens is 440 g/mol. The van der Waals surface area contributed by atoms with Crippen LogP contribution in [-0.2, 0) is 0 Å². The van der Waals surface area contributed by atoms with Gasteiger partial charge in [0.2, 0.25) is 0 Å². The number of aromatic nitrogens is 5. The first-order valence-electron chi connectivity index (χ1n) is 11.4. The van der Waals surface area contributed by atoms with Gasteiger partial charge in [-0.15, -0.1) is 0 Å². The number of benzene rings is 1. The summed E-state index contributed by atoms with van der Waals surface area (Å²) in [6.45, 7) is 1.45. The van der Waals surface area contributed by atoms with Crippen LogP contribution in [0.15, 0.2) is 78.0 Å². The van der Waals surface area contributed by atoms with E-state index in [9.17, 15) is 0 Å². The molecule has 0 aliphatic heterocycles. The smallest absolute Gasteiger partial charge is 0.138 e. The summed E-state index contributed by atoms with van der Waals surface area (Å²) in [5.41, 5.74) is 7.59. The minimum Gasteiger partial charge on any atom is -0.491 e. The van der Waals surface area contributed by atoms with Gasteiger partial charge in [-0.05, 0) is 61.6 Å². The number of hydrogen-bond donors (Lipinski definition) is 2. The lowest BCUT2D eigenvalue weighted by Gasteiger charge is -2.11. The molecule has 0 spiro atoms. The molecule has 174 valence electrons. The molecule has 35 heavy (non-hydrogen) atoms. The Balaban J connectivity index is 1.38. The minimum absolute atomic E-state index is 0.609.